The molecule has 1 aromatic rings. The normalized spacial score (nSPS) is 32.0. The lowest BCUT2D eigenvalue weighted by atomic mass is 10.00. The summed E-state index contributed by atoms with van der Waals surface area (Å²) < 4.78 is 0. The summed E-state index contributed by atoms with van der Waals surface area (Å²) in [5.41, 5.74) is 24.9. The van der Waals surface area contributed by atoms with E-state index in [1.165, 1.54) is 0 Å². The second kappa shape index (κ2) is 8.55. The molecule has 0 amide bonds. The van der Waals surface area contributed by atoms with Gasteiger partial charge in [-0.25, -0.2) is 0 Å². The molecule has 10 nitrogen and oxygen atoms in total. The minimum absolute atomic E-state index is 0.0232. The van der Waals surface area contributed by atoms with Gasteiger partial charge in [0, 0.05) is 63.4 Å². The highest BCUT2D eigenvalue weighted by Gasteiger charge is 2.30. The fourth-order valence-corrected chi connectivity index (χ4v) is 4.66. The molecule has 162 valence electrons. The van der Waals surface area contributed by atoms with E-state index in [4.69, 9.17) is 37.9 Å². The third-order valence-corrected chi connectivity index (χ3v) is 6.26. The minimum atomic E-state index is 0.0232. The van der Waals surface area contributed by atoms with E-state index in [1.54, 1.807) is 0 Å². The SMILES string of the molecule is CC1CCN(c2nc(N3CC(N)CC(N)C3)nc(N3CC(N)CC(N)C3)n2)CC1. The Balaban J connectivity index is 1.65. The average molecular weight is 405 g/mol. The summed E-state index contributed by atoms with van der Waals surface area (Å²) in [6.07, 6.45) is 3.94. The van der Waals surface area contributed by atoms with Crippen molar-refractivity contribution in [3.63, 3.8) is 0 Å². The second-order valence-corrected chi connectivity index (χ2v) is 9.23. The van der Waals surface area contributed by atoms with Crippen molar-refractivity contribution >= 4 is 17.8 Å². The standard InChI is InChI=1S/C19H36N10/c1-12-2-4-27(5-3-12)17-24-18(28-8-13(20)6-14(21)9-28)26-19(25-17)29-10-15(22)7-16(23)11-29/h12-16H,2-11,20-23H2,1H3. The van der Waals surface area contributed by atoms with Gasteiger partial charge in [0.15, 0.2) is 0 Å². The Hall–Kier alpha value is -1.75. The summed E-state index contributed by atoms with van der Waals surface area (Å²) in [6.45, 7) is 7.03. The Bertz CT molecular complexity index is 627. The molecule has 4 heterocycles. The van der Waals surface area contributed by atoms with Crippen molar-refractivity contribution < 1.29 is 0 Å². The first-order valence-electron chi connectivity index (χ1n) is 10.9. The number of nitrogens with zero attached hydrogens (tertiary/aromatic N) is 6. The average Bonchev–Trinajstić information content (AvgIpc) is 2.67. The highest BCUT2D eigenvalue weighted by Crippen LogP contribution is 2.26. The predicted molar refractivity (Wildman–Crippen MR) is 116 cm³/mol. The number of rotatable bonds is 3. The van der Waals surface area contributed by atoms with Gasteiger partial charge < -0.3 is 37.6 Å². The highest BCUT2D eigenvalue weighted by molar-refractivity contribution is 5.48. The van der Waals surface area contributed by atoms with E-state index in [1.807, 2.05) is 0 Å². The van der Waals surface area contributed by atoms with Crippen LogP contribution in [0.25, 0.3) is 0 Å². The number of hydrogen-bond donors (Lipinski definition) is 4. The van der Waals surface area contributed by atoms with E-state index < -0.39 is 0 Å². The molecule has 8 N–H and O–H groups in total. The van der Waals surface area contributed by atoms with Crippen molar-refractivity contribution in [2.75, 3.05) is 54.0 Å². The van der Waals surface area contributed by atoms with Crippen LogP contribution >= 0.6 is 0 Å². The van der Waals surface area contributed by atoms with Crippen LogP contribution < -0.4 is 37.6 Å². The molecule has 3 aliphatic rings. The summed E-state index contributed by atoms with van der Waals surface area (Å²) in [6, 6.07) is 0.0929. The van der Waals surface area contributed by atoms with Crippen molar-refractivity contribution in [3.8, 4) is 0 Å². The van der Waals surface area contributed by atoms with Crippen LogP contribution in [0, 0.1) is 5.92 Å². The molecule has 4 atom stereocenters. The lowest BCUT2D eigenvalue weighted by Crippen LogP contribution is -2.54. The van der Waals surface area contributed by atoms with E-state index in [0.29, 0.717) is 38.1 Å². The summed E-state index contributed by atoms with van der Waals surface area (Å²) in [7, 11) is 0. The zero-order chi connectivity index (χ0) is 20.5. The molecule has 1 aromatic heterocycles. The fourth-order valence-electron chi connectivity index (χ4n) is 4.66. The predicted octanol–water partition coefficient (Wildman–Crippen LogP) is -1.16. The number of anilines is 3. The van der Waals surface area contributed by atoms with E-state index in [-0.39, 0.29) is 24.2 Å². The van der Waals surface area contributed by atoms with Crippen molar-refractivity contribution in [2.45, 2.75) is 56.8 Å². The van der Waals surface area contributed by atoms with Gasteiger partial charge in [0.25, 0.3) is 0 Å². The maximum Gasteiger partial charge on any atom is 0.232 e. The molecule has 3 saturated heterocycles. The highest BCUT2D eigenvalue weighted by atomic mass is 15.4. The number of aromatic nitrogens is 3. The zero-order valence-electron chi connectivity index (χ0n) is 17.5. The maximum atomic E-state index is 6.22. The lowest BCUT2D eigenvalue weighted by Gasteiger charge is -2.38. The van der Waals surface area contributed by atoms with Crippen LogP contribution in [0.1, 0.15) is 32.6 Å². The van der Waals surface area contributed by atoms with E-state index in [2.05, 4.69) is 21.6 Å². The van der Waals surface area contributed by atoms with Crippen LogP contribution in [0.15, 0.2) is 0 Å². The van der Waals surface area contributed by atoms with Crippen LogP contribution in [-0.2, 0) is 0 Å². The van der Waals surface area contributed by atoms with E-state index in [9.17, 15) is 0 Å². The van der Waals surface area contributed by atoms with Gasteiger partial charge in [0.2, 0.25) is 17.8 Å². The van der Waals surface area contributed by atoms with Crippen LogP contribution in [0.4, 0.5) is 17.8 Å². The Morgan fingerprint density at radius 2 is 0.966 bits per heavy atom. The number of hydrogen-bond acceptors (Lipinski definition) is 10. The third-order valence-electron chi connectivity index (χ3n) is 6.26. The van der Waals surface area contributed by atoms with Crippen LogP contribution in [0.2, 0.25) is 0 Å². The van der Waals surface area contributed by atoms with Gasteiger partial charge >= 0.3 is 0 Å². The molecule has 0 bridgehead atoms. The molecule has 0 radical (unpaired) electrons. The molecule has 4 unspecified atom stereocenters. The van der Waals surface area contributed by atoms with Crippen molar-refractivity contribution in [1.29, 1.82) is 0 Å². The van der Waals surface area contributed by atoms with E-state index >= 15 is 0 Å². The Morgan fingerprint density at radius 3 is 1.34 bits per heavy atom. The summed E-state index contributed by atoms with van der Waals surface area (Å²) in [5.74, 6) is 2.78. The molecule has 3 aliphatic heterocycles. The molecule has 0 aliphatic carbocycles. The Labute approximate surface area is 173 Å². The van der Waals surface area contributed by atoms with Gasteiger partial charge in [0.05, 0.1) is 0 Å². The van der Waals surface area contributed by atoms with Gasteiger partial charge in [-0.2, -0.15) is 15.0 Å². The lowest BCUT2D eigenvalue weighted by molar-refractivity contribution is 0.429. The first kappa shape index (κ1) is 20.5. The van der Waals surface area contributed by atoms with Crippen molar-refractivity contribution in [1.82, 2.24) is 15.0 Å². The topological polar surface area (TPSA) is 152 Å². The monoisotopic (exact) mass is 404 g/mol. The molecule has 0 aromatic carbocycles. The van der Waals surface area contributed by atoms with Crippen LogP contribution in [0.3, 0.4) is 0 Å². The van der Waals surface area contributed by atoms with E-state index in [0.717, 1.165) is 50.6 Å². The summed E-state index contributed by atoms with van der Waals surface area (Å²) >= 11 is 0. The minimum Gasteiger partial charge on any atom is -0.341 e. The molecule has 3 fully saturated rings. The van der Waals surface area contributed by atoms with Crippen LogP contribution in [-0.4, -0.2) is 78.4 Å². The smallest absolute Gasteiger partial charge is 0.232 e. The Kier molecular flexibility index (Phi) is 6.05. The van der Waals surface area contributed by atoms with Gasteiger partial charge in [-0.3, -0.25) is 0 Å². The molecule has 4 rings (SSSR count). The van der Waals surface area contributed by atoms with Gasteiger partial charge in [0.1, 0.15) is 0 Å². The largest absolute Gasteiger partial charge is 0.341 e. The second-order valence-electron chi connectivity index (χ2n) is 9.23. The van der Waals surface area contributed by atoms with Gasteiger partial charge in [-0.05, 0) is 31.6 Å². The third kappa shape index (κ3) is 4.88. The first-order valence-corrected chi connectivity index (χ1v) is 10.9. The maximum absolute atomic E-state index is 6.22. The van der Waals surface area contributed by atoms with Crippen molar-refractivity contribution in [2.24, 2.45) is 28.9 Å². The molecule has 0 spiro atoms. The molecule has 10 heteroatoms. The molecular formula is C19H36N10. The fraction of sp³-hybridized carbons (Fsp3) is 0.842. The van der Waals surface area contributed by atoms with Gasteiger partial charge in [-0.15, -0.1) is 0 Å². The Morgan fingerprint density at radius 1 is 0.621 bits per heavy atom. The summed E-state index contributed by atoms with van der Waals surface area (Å²) in [5, 5.41) is 0. The summed E-state index contributed by atoms with van der Waals surface area (Å²) in [4.78, 5) is 21.0. The number of nitrogens with two attached hydrogens (primary N) is 4. The molecular weight excluding hydrogens is 368 g/mol. The van der Waals surface area contributed by atoms with Gasteiger partial charge in [-0.1, -0.05) is 6.92 Å². The van der Waals surface area contributed by atoms with Crippen LogP contribution in [0.5, 0.6) is 0 Å². The first-order chi connectivity index (χ1) is 13.9. The zero-order valence-corrected chi connectivity index (χ0v) is 17.5. The molecule has 0 saturated carbocycles. The number of piperidine rings is 3. The molecule has 29 heavy (non-hydrogen) atoms. The van der Waals surface area contributed by atoms with Crippen molar-refractivity contribution in [3.05, 3.63) is 0 Å². The quantitative estimate of drug-likeness (QED) is 0.485.